The molecule has 1 rings (SSSR count). The molecule has 0 aliphatic heterocycles. The monoisotopic (exact) mass is 306 g/mol. The first-order valence-corrected chi connectivity index (χ1v) is 7.46. The van der Waals surface area contributed by atoms with Gasteiger partial charge in [0.2, 0.25) is 0 Å². The van der Waals surface area contributed by atoms with Crippen molar-refractivity contribution in [3.05, 3.63) is 35.9 Å². The molecule has 0 aromatic heterocycles. The number of benzene rings is 1. The van der Waals surface area contributed by atoms with Crippen LogP contribution in [0.2, 0.25) is 0 Å². The van der Waals surface area contributed by atoms with Crippen LogP contribution >= 0.6 is 0 Å². The Morgan fingerprint density at radius 2 is 1.77 bits per heavy atom. The van der Waals surface area contributed by atoms with E-state index in [4.69, 9.17) is 5.11 Å². The van der Waals surface area contributed by atoms with E-state index in [-0.39, 0.29) is 24.0 Å². The summed E-state index contributed by atoms with van der Waals surface area (Å²) in [6.45, 7) is 7.88. The Morgan fingerprint density at radius 3 is 2.27 bits per heavy atom. The summed E-state index contributed by atoms with van der Waals surface area (Å²) in [5.74, 6) is -1.49. The average Bonchev–Trinajstić information content (AvgIpc) is 2.47. The van der Waals surface area contributed by atoms with Gasteiger partial charge in [-0.15, -0.1) is 0 Å². The fraction of sp³-hybridized carbons (Fsp3) is 0.529. The highest BCUT2D eigenvalue weighted by molar-refractivity contribution is 5.76. The number of amides is 2. The molecular weight excluding hydrogens is 280 g/mol. The van der Waals surface area contributed by atoms with E-state index in [2.05, 4.69) is 19.2 Å². The fourth-order valence-electron chi connectivity index (χ4n) is 2.17. The number of carboxylic acids is 1. The van der Waals surface area contributed by atoms with Crippen LogP contribution in [0.5, 0.6) is 0 Å². The Kier molecular flexibility index (Phi) is 5.97. The smallest absolute Gasteiger partial charge is 0.317 e. The Hall–Kier alpha value is -2.04. The molecule has 0 aliphatic rings. The van der Waals surface area contributed by atoms with Gasteiger partial charge in [-0.3, -0.25) is 4.79 Å². The van der Waals surface area contributed by atoms with E-state index in [0.29, 0.717) is 0 Å². The lowest BCUT2D eigenvalue weighted by molar-refractivity contribution is -0.141. The molecule has 0 saturated carbocycles. The first-order chi connectivity index (χ1) is 10.2. The van der Waals surface area contributed by atoms with Crippen molar-refractivity contribution >= 4 is 12.0 Å². The van der Waals surface area contributed by atoms with Crippen molar-refractivity contribution in [1.29, 1.82) is 0 Å². The van der Waals surface area contributed by atoms with Crippen LogP contribution in [-0.2, 0) is 10.2 Å². The molecule has 5 nitrogen and oxygen atoms in total. The molecule has 22 heavy (non-hydrogen) atoms. The summed E-state index contributed by atoms with van der Waals surface area (Å²) >= 11 is 0. The maximum atomic E-state index is 12.2. The summed E-state index contributed by atoms with van der Waals surface area (Å²) in [7, 11) is 1.61. The van der Waals surface area contributed by atoms with Gasteiger partial charge in [-0.2, -0.15) is 0 Å². The molecule has 1 aromatic rings. The first kappa shape index (κ1) is 18.0. The molecule has 2 atom stereocenters. The summed E-state index contributed by atoms with van der Waals surface area (Å²) in [4.78, 5) is 24.5. The van der Waals surface area contributed by atoms with Gasteiger partial charge in [0.1, 0.15) is 0 Å². The minimum absolute atomic E-state index is 0.0926. The van der Waals surface area contributed by atoms with Crippen molar-refractivity contribution in [2.75, 3.05) is 13.6 Å². The second kappa shape index (κ2) is 7.29. The fourth-order valence-corrected chi connectivity index (χ4v) is 2.17. The van der Waals surface area contributed by atoms with Crippen molar-refractivity contribution in [3.8, 4) is 0 Å². The lowest BCUT2D eigenvalue weighted by atomic mass is 9.78. The van der Waals surface area contributed by atoms with E-state index in [9.17, 15) is 9.59 Å². The van der Waals surface area contributed by atoms with E-state index in [1.807, 2.05) is 37.3 Å². The van der Waals surface area contributed by atoms with Gasteiger partial charge in [0, 0.05) is 25.0 Å². The second-order valence-electron chi connectivity index (χ2n) is 6.38. The zero-order valence-corrected chi connectivity index (χ0v) is 14.0. The van der Waals surface area contributed by atoms with Crippen molar-refractivity contribution in [2.24, 2.45) is 5.92 Å². The molecule has 0 saturated heterocycles. The van der Waals surface area contributed by atoms with Crippen LogP contribution in [0.3, 0.4) is 0 Å². The van der Waals surface area contributed by atoms with Crippen LogP contribution in [-0.4, -0.2) is 41.6 Å². The molecule has 1 aromatic carbocycles. The molecule has 122 valence electrons. The summed E-state index contributed by atoms with van der Waals surface area (Å²) in [5.41, 5.74) is 0.917. The number of nitrogens with one attached hydrogen (secondary N) is 1. The van der Waals surface area contributed by atoms with Crippen LogP contribution in [0.15, 0.2) is 30.3 Å². The molecule has 0 aliphatic carbocycles. The van der Waals surface area contributed by atoms with Gasteiger partial charge >= 0.3 is 12.0 Å². The summed E-state index contributed by atoms with van der Waals surface area (Å²) in [6.07, 6.45) is 0. The maximum absolute atomic E-state index is 12.2. The number of hydrogen-bond acceptors (Lipinski definition) is 2. The van der Waals surface area contributed by atoms with Gasteiger partial charge in [0.25, 0.3) is 0 Å². The van der Waals surface area contributed by atoms with E-state index < -0.39 is 11.9 Å². The quantitative estimate of drug-likeness (QED) is 0.849. The third kappa shape index (κ3) is 4.48. The van der Waals surface area contributed by atoms with Crippen LogP contribution in [0.25, 0.3) is 0 Å². The zero-order chi connectivity index (χ0) is 16.9. The van der Waals surface area contributed by atoms with Crippen LogP contribution < -0.4 is 5.32 Å². The predicted molar refractivity (Wildman–Crippen MR) is 86.9 cm³/mol. The number of carbonyl (C=O) groups excluding carboxylic acids is 1. The standard InChI is InChI=1S/C17H26N2O3/c1-12(15(20)21)11-19(5)16(22)18-13(2)17(3,4)14-9-7-6-8-10-14/h6-10,12-13H,11H2,1-5H3,(H,18,22)(H,20,21). The molecule has 0 fully saturated rings. The van der Waals surface area contributed by atoms with Crippen LogP contribution in [0.1, 0.15) is 33.3 Å². The van der Waals surface area contributed by atoms with Gasteiger partial charge in [-0.1, -0.05) is 51.1 Å². The summed E-state index contributed by atoms with van der Waals surface area (Å²) in [6, 6.07) is 9.65. The first-order valence-electron chi connectivity index (χ1n) is 7.46. The van der Waals surface area contributed by atoms with Gasteiger partial charge in [0.05, 0.1) is 5.92 Å². The molecule has 5 heteroatoms. The zero-order valence-electron chi connectivity index (χ0n) is 14.0. The molecule has 0 heterocycles. The SMILES string of the molecule is CC(CN(C)C(=O)NC(C)C(C)(C)c1ccccc1)C(=O)O. The Balaban J connectivity index is 2.69. The Morgan fingerprint density at radius 1 is 1.23 bits per heavy atom. The lowest BCUT2D eigenvalue weighted by Crippen LogP contribution is -2.50. The number of carboxylic acid groups (broad SMARTS) is 1. The van der Waals surface area contributed by atoms with Crippen LogP contribution in [0.4, 0.5) is 4.79 Å². The second-order valence-corrected chi connectivity index (χ2v) is 6.38. The van der Waals surface area contributed by atoms with Crippen molar-refractivity contribution in [2.45, 2.75) is 39.2 Å². The molecule has 0 bridgehead atoms. The van der Waals surface area contributed by atoms with E-state index in [0.717, 1.165) is 5.56 Å². The Bertz CT molecular complexity index is 514. The Labute approximate surface area is 132 Å². The maximum Gasteiger partial charge on any atom is 0.317 e. The number of hydrogen-bond donors (Lipinski definition) is 2. The molecule has 0 spiro atoms. The minimum atomic E-state index is -0.905. The summed E-state index contributed by atoms with van der Waals surface area (Å²) in [5, 5.41) is 11.9. The topological polar surface area (TPSA) is 69.6 Å². The summed E-state index contributed by atoms with van der Waals surface area (Å²) < 4.78 is 0. The minimum Gasteiger partial charge on any atom is -0.481 e. The highest BCUT2D eigenvalue weighted by atomic mass is 16.4. The number of aliphatic carboxylic acids is 1. The molecular formula is C17H26N2O3. The number of nitrogens with zero attached hydrogens (tertiary/aromatic N) is 1. The highest BCUT2D eigenvalue weighted by Gasteiger charge is 2.30. The third-order valence-corrected chi connectivity index (χ3v) is 4.26. The van der Waals surface area contributed by atoms with Crippen LogP contribution in [0, 0.1) is 5.92 Å². The van der Waals surface area contributed by atoms with Gasteiger partial charge in [0.15, 0.2) is 0 Å². The van der Waals surface area contributed by atoms with Crippen molar-refractivity contribution in [3.63, 3.8) is 0 Å². The van der Waals surface area contributed by atoms with E-state index in [1.54, 1.807) is 14.0 Å². The normalized spacial score (nSPS) is 14.0. The number of carbonyl (C=O) groups is 2. The van der Waals surface area contributed by atoms with E-state index >= 15 is 0 Å². The largest absolute Gasteiger partial charge is 0.481 e. The molecule has 2 N–H and O–H groups in total. The number of urea groups is 1. The third-order valence-electron chi connectivity index (χ3n) is 4.26. The molecule has 0 radical (unpaired) electrons. The average molecular weight is 306 g/mol. The molecule has 2 amide bonds. The lowest BCUT2D eigenvalue weighted by Gasteiger charge is -2.34. The van der Waals surface area contributed by atoms with Gasteiger partial charge in [-0.05, 0) is 12.5 Å². The van der Waals surface area contributed by atoms with Gasteiger partial charge < -0.3 is 15.3 Å². The number of rotatable bonds is 6. The van der Waals surface area contributed by atoms with Crippen molar-refractivity contribution < 1.29 is 14.7 Å². The van der Waals surface area contributed by atoms with Gasteiger partial charge in [-0.25, -0.2) is 4.79 Å². The van der Waals surface area contributed by atoms with E-state index in [1.165, 1.54) is 4.90 Å². The highest BCUT2D eigenvalue weighted by Crippen LogP contribution is 2.26. The van der Waals surface area contributed by atoms with Crippen molar-refractivity contribution in [1.82, 2.24) is 10.2 Å². The predicted octanol–water partition coefficient (Wildman–Crippen LogP) is 2.71. The molecule has 2 unspecified atom stereocenters.